The molecule has 158 valence electrons. The van der Waals surface area contributed by atoms with Crippen molar-refractivity contribution >= 4 is 51.1 Å². The van der Waals surface area contributed by atoms with E-state index in [1.807, 2.05) is 6.07 Å². The number of fused-ring (bicyclic) bond motifs is 2. The van der Waals surface area contributed by atoms with E-state index in [1.165, 1.54) is 0 Å². The molecule has 0 atom stereocenters. The van der Waals surface area contributed by atoms with Gasteiger partial charge in [-0.15, -0.1) is 0 Å². The number of anilines is 2. The van der Waals surface area contributed by atoms with Gasteiger partial charge in [0.1, 0.15) is 11.4 Å². The number of benzene rings is 2. The van der Waals surface area contributed by atoms with Crippen molar-refractivity contribution in [2.24, 2.45) is 0 Å². The van der Waals surface area contributed by atoms with Crippen LogP contribution in [-0.2, 0) is 0 Å². The van der Waals surface area contributed by atoms with Crippen LogP contribution in [0.15, 0.2) is 48.5 Å². The molecule has 0 aliphatic heterocycles. The molecule has 0 saturated heterocycles. The molecule has 10 nitrogen and oxygen atoms in total. The molecular formula is C21H20N6O4. The number of aromatic nitrogens is 2. The summed E-state index contributed by atoms with van der Waals surface area (Å²) in [5.41, 5.74) is 9.26. The largest absolute Gasteiger partial charge is 0.465 e. The van der Waals surface area contributed by atoms with Crippen LogP contribution in [0.4, 0.5) is 16.2 Å². The lowest BCUT2D eigenvalue weighted by Crippen LogP contribution is -2.34. The molecule has 0 bridgehead atoms. The van der Waals surface area contributed by atoms with Gasteiger partial charge in [0, 0.05) is 46.3 Å². The first-order valence-electron chi connectivity index (χ1n) is 9.46. The highest BCUT2D eigenvalue weighted by Gasteiger charge is 2.13. The number of hydrogen-bond donors (Lipinski definition) is 7. The predicted octanol–water partition coefficient (Wildman–Crippen LogP) is 2.48. The van der Waals surface area contributed by atoms with Crippen LogP contribution in [0.25, 0.3) is 21.8 Å². The summed E-state index contributed by atoms with van der Waals surface area (Å²) in [6, 6.07) is 14.0. The number of carbonyl (C=O) groups is 3. The molecule has 0 aliphatic carbocycles. The smallest absolute Gasteiger partial charge is 0.404 e. The molecule has 2 aromatic heterocycles. The molecule has 0 unspecified atom stereocenters. The Kier molecular flexibility index (Phi) is 5.19. The lowest BCUT2D eigenvalue weighted by molar-refractivity contribution is 0.0948. The van der Waals surface area contributed by atoms with Crippen LogP contribution in [-0.4, -0.2) is 46.1 Å². The van der Waals surface area contributed by atoms with Crippen LogP contribution in [0.2, 0.25) is 0 Å². The first kappa shape index (κ1) is 19.8. The summed E-state index contributed by atoms with van der Waals surface area (Å²) in [5, 5.41) is 17.8. The Bertz CT molecular complexity index is 1310. The normalized spacial score (nSPS) is 10.8. The Balaban J connectivity index is 1.45. The van der Waals surface area contributed by atoms with E-state index in [2.05, 4.69) is 25.9 Å². The third-order valence-corrected chi connectivity index (χ3v) is 4.70. The van der Waals surface area contributed by atoms with E-state index in [1.54, 1.807) is 42.5 Å². The van der Waals surface area contributed by atoms with Crippen molar-refractivity contribution in [1.82, 2.24) is 20.6 Å². The van der Waals surface area contributed by atoms with Crippen molar-refractivity contribution in [3.8, 4) is 0 Å². The molecule has 2 aromatic carbocycles. The van der Waals surface area contributed by atoms with E-state index >= 15 is 0 Å². The molecule has 8 N–H and O–H groups in total. The van der Waals surface area contributed by atoms with E-state index in [4.69, 9.17) is 10.8 Å². The molecule has 3 amide bonds. The average molecular weight is 420 g/mol. The molecule has 0 aliphatic rings. The van der Waals surface area contributed by atoms with Crippen LogP contribution < -0.4 is 21.7 Å². The van der Waals surface area contributed by atoms with Gasteiger partial charge in [-0.2, -0.15) is 0 Å². The molecule has 4 aromatic rings. The summed E-state index contributed by atoms with van der Waals surface area (Å²) in [7, 11) is 0. The van der Waals surface area contributed by atoms with Gasteiger partial charge in [0.25, 0.3) is 11.8 Å². The molecule has 0 spiro atoms. The van der Waals surface area contributed by atoms with Gasteiger partial charge in [-0.05, 0) is 48.5 Å². The number of nitrogens with two attached hydrogens (primary N) is 1. The summed E-state index contributed by atoms with van der Waals surface area (Å²) in [6.45, 7) is 0.274. The minimum atomic E-state index is -1.15. The Morgan fingerprint density at radius 2 is 1.42 bits per heavy atom. The lowest BCUT2D eigenvalue weighted by Gasteiger charge is -2.03. The summed E-state index contributed by atoms with van der Waals surface area (Å²) >= 11 is 0. The Morgan fingerprint density at radius 3 is 2.13 bits per heavy atom. The highest BCUT2D eigenvalue weighted by atomic mass is 16.4. The second kappa shape index (κ2) is 8.11. The maximum absolute atomic E-state index is 12.6. The molecule has 10 heteroatoms. The topological polar surface area (TPSA) is 165 Å². The number of nitrogens with one attached hydrogen (secondary N) is 5. The minimum absolute atomic E-state index is 0.109. The van der Waals surface area contributed by atoms with Gasteiger partial charge < -0.3 is 36.8 Å². The SMILES string of the molecule is Nc1ccc2[nH]c(C(=O)Nc3ccc4[nH]c(C(=O)NCCNC(=O)O)cc4c3)cc2c1. The average Bonchev–Trinajstić information content (AvgIpc) is 3.34. The van der Waals surface area contributed by atoms with Gasteiger partial charge in [-0.1, -0.05) is 0 Å². The van der Waals surface area contributed by atoms with E-state index < -0.39 is 6.09 Å². The van der Waals surface area contributed by atoms with Gasteiger partial charge in [-0.25, -0.2) is 4.79 Å². The van der Waals surface area contributed by atoms with Gasteiger partial charge in [0.05, 0.1) is 0 Å². The zero-order valence-electron chi connectivity index (χ0n) is 16.3. The van der Waals surface area contributed by atoms with Gasteiger partial charge in [0.15, 0.2) is 0 Å². The fraction of sp³-hybridized carbons (Fsp3) is 0.0952. The molecule has 2 heterocycles. The van der Waals surface area contributed by atoms with Crippen molar-refractivity contribution in [3.63, 3.8) is 0 Å². The number of carbonyl (C=O) groups excluding carboxylic acids is 2. The molecule has 0 saturated carbocycles. The fourth-order valence-electron chi connectivity index (χ4n) is 3.25. The third-order valence-electron chi connectivity index (χ3n) is 4.70. The minimum Gasteiger partial charge on any atom is -0.465 e. The molecule has 31 heavy (non-hydrogen) atoms. The number of H-pyrrole nitrogens is 2. The zero-order valence-corrected chi connectivity index (χ0v) is 16.3. The number of aromatic amines is 2. The van der Waals surface area contributed by atoms with Crippen molar-refractivity contribution < 1.29 is 19.5 Å². The summed E-state index contributed by atoms with van der Waals surface area (Å²) in [4.78, 5) is 41.3. The number of rotatable bonds is 6. The first-order valence-corrected chi connectivity index (χ1v) is 9.46. The molecule has 0 radical (unpaired) electrons. The van der Waals surface area contributed by atoms with E-state index in [0.717, 1.165) is 21.8 Å². The van der Waals surface area contributed by atoms with E-state index in [9.17, 15) is 14.4 Å². The Hall–Kier alpha value is -4.47. The van der Waals surface area contributed by atoms with E-state index in [0.29, 0.717) is 22.8 Å². The Labute approximate surface area is 175 Å². The van der Waals surface area contributed by atoms with Gasteiger partial charge in [-0.3, -0.25) is 9.59 Å². The number of amides is 3. The maximum atomic E-state index is 12.6. The van der Waals surface area contributed by atoms with Crippen LogP contribution >= 0.6 is 0 Å². The Morgan fingerprint density at radius 1 is 0.806 bits per heavy atom. The zero-order chi connectivity index (χ0) is 22.0. The monoisotopic (exact) mass is 420 g/mol. The van der Waals surface area contributed by atoms with E-state index in [-0.39, 0.29) is 24.9 Å². The lowest BCUT2D eigenvalue weighted by atomic mass is 10.2. The third kappa shape index (κ3) is 4.42. The molecular weight excluding hydrogens is 400 g/mol. The van der Waals surface area contributed by atoms with Crippen LogP contribution in [0.5, 0.6) is 0 Å². The maximum Gasteiger partial charge on any atom is 0.404 e. The van der Waals surface area contributed by atoms with Crippen LogP contribution in [0, 0.1) is 0 Å². The predicted molar refractivity (Wildman–Crippen MR) is 117 cm³/mol. The molecule has 0 fully saturated rings. The first-order chi connectivity index (χ1) is 14.9. The summed E-state index contributed by atoms with van der Waals surface area (Å²) in [6.07, 6.45) is -1.15. The summed E-state index contributed by atoms with van der Waals surface area (Å²) < 4.78 is 0. The number of carboxylic acid groups (broad SMARTS) is 1. The fourth-order valence-corrected chi connectivity index (χ4v) is 3.25. The van der Waals surface area contributed by atoms with Crippen molar-refractivity contribution in [1.29, 1.82) is 0 Å². The van der Waals surface area contributed by atoms with Crippen molar-refractivity contribution in [3.05, 3.63) is 59.9 Å². The second-order valence-electron chi connectivity index (χ2n) is 6.96. The highest BCUT2D eigenvalue weighted by molar-refractivity contribution is 6.07. The highest BCUT2D eigenvalue weighted by Crippen LogP contribution is 2.22. The van der Waals surface area contributed by atoms with Crippen molar-refractivity contribution in [2.75, 3.05) is 24.1 Å². The van der Waals surface area contributed by atoms with Crippen LogP contribution in [0.3, 0.4) is 0 Å². The van der Waals surface area contributed by atoms with Gasteiger partial charge in [0.2, 0.25) is 0 Å². The van der Waals surface area contributed by atoms with Crippen LogP contribution in [0.1, 0.15) is 21.0 Å². The standard InChI is InChI=1S/C21H20N6O4/c22-13-1-3-15-11(7-13)9-18(27-15)20(29)25-14-2-4-16-12(8-14)10-17(26-16)19(28)23-5-6-24-21(30)31/h1-4,7-10,24,26-27H,5-6,22H2,(H,23,28)(H,25,29)(H,30,31). The number of hydrogen-bond acceptors (Lipinski definition) is 4. The van der Waals surface area contributed by atoms with Crippen molar-refractivity contribution in [2.45, 2.75) is 0 Å². The number of nitrogen functional groups attached to an aromatic ring is 1. The molecule has 4 rings (SSSR count). The van der Waals surface area contributed by atoms with Gasteiger partial charge >= 0.3 is 6.09 Å². The second-order valence-corrected chi connectivity index (χ2v) is 6.96. The quantitative estimate of drug-likeness (QED) is 0.188. The summed E-state index contributed by atoms with van der Waals surface area (Å²) in [5.74, 6) is -0.653.